The quantitative estimate of drug-likeness (QED) is 0.575. The normalized spacial score (nSPS) is 14.1. The summed E-state index contributed by atoms with van der Waals surface area (Å²) in [4.78, 5) is 32.8. The van der Waals surface area contributed by atoms with Gasteiger partial charge >= 0.3 is 12.1 Å². The summed E-state index contributed by atoms with van der Waals surface area (Å²) in [6.07, 6.45) is -0.356. The van der Waals surface area contributed by atoms with E-state index in [4.69, 9.17) is 32.7 Å². The van der Waals surface area contributed by atoms with Crippen LogP contribution in [0.1, 0.15) is 43.7 Å². The third-order valence-electron chi connectivity index (χ3n) is 4.82. The molecule has 0 saturated carbocycles. The van der Waals surface area contributed by atoms with Crippen LogP contribution < -0.4 is 10.2 Å². The molecule has 0 aliphatic carbocycles. The number of hydrogen-bond acceptors (Lipinski definition) is 9. The number of hydrogen-bond donors (Lipinski definition) is 1. The number of piperazine rings is 1. The van der Waals surface area contributed by atoms with Crippen LogP contribution in [0.25, 0.3) is 0 Å². The SMILES string of the molecule is CCOC(=O)c1nnc(N2CCN(C(=O)OC(C)(C)C)CC2)nc1NCc1ccc(Cl)cc1Cl. The summed E-state index contributed by atoms with van der Waals surface area (Å²) in [5.41, 5.74) is 0.188. The van der Waals surface area contributed by atoms with Crippen molar-refractivity contribution < 1.29 is 19.1 Å². The van der Waals surface area contributed by atoms with Crippen molar-refractivity contribution in [3.05, 3.63) is 39.5 Å². The van der Waals surface area contributed by atoms with Crippen molar-refractivity contribution in [1.29, 1.82) is 0 Å². The number of halogens is 2. The Bertz CT molecular complexity index is 1040. The number of nitrogens with zero attached hydrogens (tertiary/aromatic N) is 5. The third kappa shape index (κ3) is 6.83. The Morgan fingerprint density at radius 2 is 1.82 bits per heavy atom. The van der Waals surface area contributed by atoms with Crippen molar-refractivity contribution in [3.63, 3.8) is 0 Å². The van der Waals surface area contributed by atoms with E-state index >= 15 is 0 Å². The summed E-state index contributed by atoms with van der Waals surface area (Å²) in [5, 5.41) is 12.3. The average molecular weight is 511 g/mol. The molecule has 10 nitrogen and oxygen atoms in total. The lowest BCUT2D eigenvalue weighted by molar-refractivity contribution is 0.0239. The molecule has 0 unspecified atom stereocenters. The first kappa shape index (κ1) is 25.8. The molecule has 1 aliphatic rings. The van der Waals surface area contributed by atoms with E-state index in [0.717, 1.165) is 5.56 Å². The Morgan fingerprint density at radius 3 is 2.44 bits per heavy atom. The second-order valence-corrected chi connectivity index (χ2v) is 9.42. The number of benzene rings is 1. The van der Waals surface area contributed by atoms with Gasteiger partial charge in [0.05, 0.1) is 6.61 Å². The number of aromatic nitrogens is 3. The second-order valence-electron chi connectivity index (χ2n) is 8.57. The molecule has 0 bridgehead atoms. The minimum atomic E-state index is -0.631. The Morgan fingerprint density at radius 1 is 1.12 bits per heavy atom. The van der Waals surface area contributed by atoms with Crippen molar-refractivity contribution in [2.75, 3.05) is 43.0 Å². The summed E-state index contributed by atoms with van der Waals surface area (Å²) in [5.74, 6) is -0.0703. The highest BCUT2D eigenvalue weighted by atomic mass is 35.5. The van der Waals surface area contributed by atoms with Gasteiger partial charge in [0.15, 0.2) is 5.82 Å². The van der Waals surface area contributed by atoms with Crippen LogP contribution in [0, 0.1) is 0 Å². The van der Waals surface area contributed by atoms with Gasteiger partial charge < -0.3 is 24.6 Å². The van der Waals surface area contributed by atoms with Crippen molar-refractivity contribution in [3.8, 4) is 0 Å². The molecule has 12 heteroatoms. The number of carbonyl (C=O) groups is 2. The molecule has 184 valence electrons. The second kappa shape index (κ2) is 11.1. The van der Waals surface area contributed by atoms with Crippen molar-refractivity contribution in [2.45, 2.75) is 39.8 Å². The van der Waals surface area contributed by atoms with Gasteiger partial charge in [-0.05, 0) is 45.4 Å². The van der Waals surface area contributed by atoms with Gasteiger partial charge in [-0.15, -0.1) is 10.2 Å². The molecule has 34 heavy (non-hydrogen) atoms. The molecule has 1 amide bonds. The standard InChI is InChI=1S/C22H28Cl2N6O4/c1-5-33-19(31)17-18(25-13-14-6-7-15(23)12-16(14)24)26-20(28-27-17)29-8-10-30(11-9-29)21(32)34-22(2,3)4/h6-7,12H,5,8-11,13H2,1-4H3,(H,25,26,28). The first-order chi connectivity index (χ1) is 16.1. The van der Waals surface area contributed by atoms with Gasteiger partial charge in [0.2, 0.25) is 11.6 Å². The van der Waals surface area contributed by atoms with E-state index in [2.05, 4.69) is 20.5 Å². The zero-order valence-electron chi connectivity index (χ0n) is 19.6. The zero-order valence-corrected chi connectivity index (χ0v) is 21.1. The molecule has 1 aliphatic heterocycles. The number of anilines is 2. The first-order valence-electron chi connectivity index (χ1n) is 10.9. The zero-order chi connectivity index (χ0) is 24.9. The van der Waals surface area contributed by atoms with E-state index in [1.165, 1.54) is 0 Å². The van der Waals surface area contributed by atoms with Crippen molar-refractivity contribution in [1.82, 2.24) is 20.1 Å². The molecule has 2 heterocycles. The molecule has 0 atom stereocenters. The van der Waals surface area contributed by atoms with Crippen molar-refractivity contribution >= 4 is 47.0 Å². The van der Waals surface area contributed by atoms with E-state index in [1.807, 2.05) is 25.7 Å². The van der Waals surface area contributed by atoms with Crippen LogP contribution in [0.15, 0.2) is 18.2 Å². The highest BCUT2D eigenvalue weighted by Gasteiger charge is 2.28. The van der Waals surface area contributed by atoms with Gasteiger partial charge in [0.1, 0.15) is 5.60 Å². The van der Waals surface area contributed by atoms with Gasteiger partial charge in [-0.1, -0.05) is 29.3 Å². The minimum Gasteiger partial charge on any atom is -0.461 e. The largest absolute Gasteiger partial charge is 0.461 e. The Hall–Kier alpha value is -2.85. The summed E-state index contributed by atoms with van der Waals surface area (Å²) in [6, 6.07) is 5.15. The fourth-order valence-electron chi connectivity index (χ4n) is 3.17. The topological polar surface area (TPSA) is 110 Å². The Kier molecular flexibility index (Phi) is 8.37. The predicted octanol–water partition coefficient (Wildman–Crippen LogP) is 4.02. The predicted molar refractivity (Wildman–Crippen MR) is 130 cm³/mol. The lowest BCUT2D eigenvalue weighted by Gasteiger charge is -2.35. The van der Waals surface area contributed by atoms with Crippen LogP contribution in [0.2, 0.25) is 10.0 Å². The number of nitrogens with one attached hydrogen (secondary N) is 1. The number of esters is 1. The fraction of sp³-hybridized carbons (Fsp3) is 0.500. The molecule has 3 rings (SSSR count). The molecule has 1 saturated heterocycles. The molecular formula is C22H28Cl2N6O4. The number of rotatable bonds is 6. The number of carbonyl (C=O) groups excluding carboxylic acids is 2. The molecule has 2 aromatic rings. The highest BCUT2D eigenvalue weighted by molar-refractivity contribution is 6.35. The van der Waals surface area contributed by atoms with Gasteiger partial charge in [-0.25, -0.2) is 9.59 Å². The maximum absolute atomic E-state index is 12.4. The Balaban J connectivity index is 1.75. The lowest BCUT2D eigenvalue weighted by Crippen LogP contribution is -2.50. The first-order valence-corrected chi connectivity index (χ1v) is 11.7. The van der Waals surface area contributed by atoms with Crippen LogP contribution in [-0.2, 0) is 16.0 Å². The third-order valence-corrected chi connectivity index (χ3v) is 5.41. The molecule has 0 radical (unpaired) electrons. The summed E-state index contributed by atoms with van der Waals surface area (Å²) >= 11 is 12.2. The fourth-order valence-corrected chi connectivity index (χ4v) is 3.65. The monoisotopic (exact) mass is 510 g/mol. The highest BCUT2D eigenvalue weighted by Crippen LogP contribution is 2.23. The van der Waals surface area contributed by atoms with Crippen LogP contribution in [0.4, 0.5) is 16.6 Å². The molecule has 1 aromatic carbocycles. The Labute approximate surface area is 208 Å². The van der Waals surface area contributed by atoms with Gasteiger partial charge in [0, 0.05) is 42.8 Å². The maximum atomic E-state index is 12.4. The van der Waals surface area contributed by atoms with Crippen LogP contribution in [0.3, 0.4) is 0 Å². The van der Waals surface area contributed by atoms with Gasteiger partial charge in [0.25, 0.3) is 0 Å². The van der Waals surface area contributed by atoms with Gasteiger partial charge in [-0.2, -0.15) is 4.98 Å². The molecule has 1 fully saturated rings. The van der Waals surface area contributed by atoms with E-state index in [1.54, 1.807) is 30.0 Å². The van der Waals surface area contributed by atoms with Crippen LogP contribution >= 0.6 is 23.2 Å². The number of ether oxygens (including phenoxy) is 2. The molecule has 0 spiro atoms. The smallest absolute Gasteiger partial charge is 0.410 e. The summed E-state index contributed by atoms with van der Waals surface area (Å²) < 4.78 is 10.5. The van der Waals surface area contributed by atoms with E-state index in [0.29, 0.717) is 42.2 Å². The number of amides is 1. The molecule has 1 N–H and O–H groups in total. The summed E-state index contributed by atoms with van der Waals surface area (Å²) in [7, 11) is 0. The van der Waals surface area contributed by atoms with Crippen LogP contribution in [0.5, 0.6) is 0 Å². The average Bonchev–Trinajstić information content (AvgIpc) is 2.77. The minimum absolute atomic E-state index is 0.0249. The van der Waals surface area contributed by atoms with E-state index < -0.39 is 11.6 Å². The van der Waals surface area contributed by atoms with E-state index in [9.17, 15) is 9.59 Å². The molecular weight excluding hydrogens is 483 g/mol. The van der Waals surface area contributed by atoms with E-state index in [-0.39, 0.29) is 30.8 Å². The van der Waals surface area contributed by atoms with Gasteiger partial charge in [-0.3, -0.25) is 0 Å². The molecule has 1 aromatic heterocycles. The summed E-state index contributed by atoms with van der Waals surface area (Å²) in [6.45, 7) is 9.54. The van der Waals surface area contributed by atoms with Crippen molar-refractivity contribution in [2.24, 2.45) is 0 Å². The maximum Gasteiger partial charge on any atom is 0.410 e. The lowest BCUT2D eigenvalue weighted by atomic mass is 10.2. The van der Waals surface area contributed by atoms with Crippen LogP contribution in [-0.4, -0.2) is 70.5 Å².